The Labute approximate surface area is 262 Å². The number of anilines is 2. The van der Waals surface area contributed by atoms with Crippen molar-refractivity contribution in [1.29, 1.82) is 0 Å². The Hall–Kier alpha value is -3.53. The number of urea groups is 1. The van der Waals surface area contributed by atoms with Gasteiger partial charge in [-0.1, -0.05) is 59.1 Å². The highest BCUT2D eigenvalue weighted by atomic mass is 19.1. The lowest BCUT2D eigenvalue weighted by Gasteiger charge is -2.43. The number of amidine groups is 1. The average molecular weight is 611 g/mol. The number of aliphatic imine (C=N–C) groups is 1. The number of nitrogens with zero attached hydrogens (tertiary/aromatic N) is 4. The van der Waals surface area contributed by atoms with Gasteiger partial charge in [0.1, 0.15) is 28.6 Å². The second kappa shape index (κ2) is 16.0. The molecule has 2 N–H and O–H groups in total. The third kappa shape index (κ3) is 9.00. The lowest BCUT2D eigenvalue weighted by molar-refractivity contribution is 0.0635. The number of ether oxygens (including phenoxy) is 1. The minimum absolute atomic E-state index is 0.213. The average Bonchev–Trinajstić information content (AvgIpc) is 3.26. The van der Waals surface area contributed by atoms with Crippen LogP contribution in [-0.4, -0.2) is 58.1 Å². The Kier molecular flexibility index (Phi) is 12.7. The summed E-state index contributed by atoms with van der Waals surface area (Å²) in [5.41, 5.74) is 0.361. The number of carbonyl (C=O) groups excluding carboxylic acids is 2. The highest BCUT2D eigenvalue weighted by Gasteiger charge is 2.53. The standard InChI is InChI=1S/C30H39FN6O3.2C2H6/c1-29(2,3)40-28(39)34-25-13-12-21(19-32-25)20-36-16-14-30(15-17-36)26(33-23-9-5-4-6-10-23)35-27(38)37(30)24-11-7-8-22(31)18-24;2*1-2/h7-8,11-13,18-19,23H,4-6,9-10,14-17,20H2,1-3H3,(H,32,34,39)(H,33,35,38);2*1-2H3. The van der Waals surface area contributed by atoms with Gasteiger partial charge >= 0.3 is 12.1 Å². The molecular weight excluding hydrogens is 559 g/mol. The van der Waals surface area contributed by atoms with E-state index in [0.29, 0.717) is 30.9 Å². The van der Waals surface area contributed by atoms with E-state index in [9.17, 15) is 14.0 Å². The van der Waals surface area contributed by atoms with Gasteiger partial charge in [0.15, 0.2) is 0 Å². The van der Waals surface area contributed by atoms with E-state index in [4.69, 9.17) is 9.73 Å². The molecule has 3 aliphatic rings. The summed E-state index contributed by atoms with van der Waals surface area (Å²) in [6.45, 7) is 15.6. The number of halogens is 1. The number of amides is 3. The number of nitrogens with one attached hydrogen (secondary N) is 2. The molecule has 3 heterocycles. The maximum Gasteiger partial charge on any atom is 0.413 e. The van der Waals surface area contributed by atoms with E-state index in [-0.39, 0.29) is 17.9 Å². The van der Waals surface area contributed by atoms with E-state index < -0.39 is 17.2 Å². The molecule has 0 unspecified atom stereocenters. The molecule has 5 rings (SSSR count). The fourth-order valence-electron chi connectivity index (χ4n) is 5.90. The summed E-state index contributed by atoms with van der Waals surface area (Å²) in [7, 11) is 0. The Morgan fingerprint density at radius 3 is 2.36 bits per heavy atom. The first-order chi connectivity index (χ1) is 21.1. The molecule has 242 valence electrons. The second-order valence-corrected chi connectivity index (χ2v) is 12.0. The van der Waals surface area contributed by atoms with E-state index in [1.165, 1.54) is 18.6 Å². The third-order valence-corrected chi connectivity index (χ3v) is 7.79. The molecule has 3 amide bonds. The number of rotatable bonds is 5. The zero-order chi connectivity index (χ0) is 32.3. The normalized spacial score (nSPS) is 19.4. The summed E-state index contributed by atoms with van der Waals surface area (Å²) in [5, 5.41) is 5.73. The van der Waals surface area contributed by atoms with Crippen molar-refractivity contribution in [2.24, 2.45) is 4.99 Å². The molecule has 44 heavy (non-hydrogen) atoms. The topological polar surface area (TPSA) is 99.2 Å². The summed E-state index contributed by atoms with van der Waals surface area (Å²) < 4.78 is 19.5. The van der Waals surface area contributed by atoms with Crippen LogP contribution in [0.3, 0.4) is 0 Å². The molecule has 1 aromatic heterocycles. The van der Waals surface area contributed by atoms with E-state index >= 15 is 0 Å². The minimum atomic E-state index is -0.627. The van der Waals surface area contributed by atoms with Crippen molar-refractivity contribution in [2.75, 3.05) is 23.3 Å². The van der Waals surface area contributed by atoms with Gasteiger partial charge in [-0.15, -0.1) is 0 Å². The van der Waals surface area contributed by atoms with Gasteiger partial charge in [-0.25, -0.2) is 19.0 Å². The molecule has 1 saturated carbocycles. The lowest BCUT2D eigenvalue weighted by atomic mass is 9.84. The monoisotopic (exact) mass is 610 g/mol. The van der Waals surface area contributed by atoms with Gasteiger partial charge in [0.05, 0.1) is 6.04 Å². The van der Waals surface area contributed by atoms with E-state index in [1.807, 2.05) is 54.5 Å². The molecule has 10 heteroatoms. The van der Waals surface area contributed by atoms with Crippen LogP contribution < -0.4 is 15.5 Å². The summed E-state index contributed by atoms with van der Waals surface area (Å²) in [6.07, 6.45) is 8.19. The molecule has 3 fully saturated rings. The van der Waals surface area contributed by atoms with Crippen LogP contribution in [0.5, 0.6) is 0 Å². The van der Waals surface area contributed by atoms with Gasteiger partial charge < -0.3 is 4.74 Å². The van der Waals surface area contributed by atoms with Gasteiger partial charge in [-0.05, 0) is 76.3 Å². The van der Waals surface area contributed by atoms with Gasteiger partial charge in [0.25, 0.3) is 0 Å². The second-order valence-electron chi connectivity index (χ2n) is 12.0. The molecule has 1 spiro atoms. The highest BCUT2D eigenvalue weighted by Crippen LogP contribution is 2.39. The van der Waals surface area contributed by atoms with Crippen LogP contribution in [0.4, 0.5) is 25.5 Å². The molecule has 0 atom stereocenters. The Bertz CT molecular complexity index is 1250. The molecule has 0 bridgehead atoms. The number of likely N-dealkylation sites (tertiary alicyclic amines) is 1. The first kappa shape index (κ1) is 35.0. The predicted octanol–water partition coefficient (Wildman–Crippen LogP) is 7.92. The highest BCUT2D eigenvalue weighted by molar-refractivity contribution is 6.19. The molecule has 9 nitrogen and oxygen atoms in total. The largest absolute Gasteiger partial charge is 0.444 e. The number of pyridine rings is 1. The summed E-state index contributed by atoms with van der Waals surface area (Å²) in [5.74, 6) is 0.792. The van der Waals surface area contributed by atoms with E-state index in [2.05, 4.69) is 20.5 Å². The number of hydrogen-bond acceptors (Lipinski definition) is 6. The zero-order valence-electron chi connectivity index (χ0n) is 27.6. The molecular formula is C34H51FN6O3. The fraction of sp³-hybridized carbons (Fsp3) is 0.588. The molecule has 2 saturated heterocycles. The van der Waals surface area contributed by atoms with Crippen molar-refractivity contribution < 1.29 is 18.7 Å². The van der Waals surface area contributed by atoms with Crippen LogP contribution in [0.1, 0.15) is 99.0 Å². The molecule has 2 aliphatic heterocycles. The van der Waals surface area contributed by atoms with Gasteiger partial charge in [0.2, 0.25) is 0 Å². The Balaban J connectivity index is 0.00000127. The molecule has 2 aromatic rings. The van der Waals surface area contributed by atoms with Crippen molar-refractivity contribution in [2.45, 2.75) is 117 Å². The van der Waals surface area contributed by atoms with E-state index in [1.54, 1.807) is 29.3 Å². The Morgan fingerprint density at radius 1 is 1.09 bits per heavy atom. The maximum atomic E-state index is 14.2. The molecule has 1 aromatic carbocycles. The number of piperidine rings is 1. The van der Waals surface area contributed by atoms with Gasteiger partial charge in [-0.2, -0.15) is 0 Å². The van der Waals surface area contributed by atoms with Crippen LogP contribution in [-0.2, 0) is 11.3 Å². The number of aromatic nitrogens is 1. The predicted molar refractivity (Wildman–Crippen MR) is 176 cm³/mol. The van der Waals surface area contributed by atoms with Crippen LogP contribution >= 0.6 is 0 Å². The van der Waals surface area contributed by atoms with E-state index in [0.717, 1.165) is 50.2 Å². The van der Waals surface area contributed by atoms with Crippen LogP contribution in [0, 0.1) is 5.82 Å². The lowest BCUT2D eigenvalue weighted by Crippen LogP contribution is -2.57. The SMILES string of the molecule is CC.CC.CC(C)(C)OC(=O)Nc1ccc(CN2CCC3(CC2)C(=NC2CCCCC2)NC(=O)N3c2cccc(F)c2)cn1. The van der Waals surface area contributed by atoms with Crippen LogP contribution in [0.15, 0.2) is 47.6 Å². The summed E-state index contributed by atoms with van der Waals surface area (Å²) in [4.78, 5) is 38.9. The van der Waals surface area contributed by atoms with Crippen LogP contribution in [0.2, 0.25) is 0 Å². The minimum Gasteiger partial charge on any atom is -0.444 e. The molecule has 1 aliphatic carbocycles. The van der Waals surface area contributed by atoms with Gasteiger partial charge in [-0.3, -0.25) is 25.4 Å². The van der Waals surface area contributed by atoms with Gasteiger partial charge in [0, 0.05) is 31.5 Å². The number of carbonyl (C=O) groups is 2. The summed E-state index contributed by atoms with van der Waals surface area (Å²) >= 11 is 0. The summed E-state index contributed by atoms with van der Waals surface area (Å²) in [6, 6.07) is 9.94. The molecule has 0 radical (unpaired) electrons. The maximum absolute atomic E-state index is 14.2. The van der Waals surface area contributed by atoms with Crippen molar-refractivity contribution in [3.63, 3.8) is 0 Å². The first-order valence-corrected chi connectivity index (χ1v) is 16.2. The van der Waals surface area contributed by atoms with Crippen molar-refractivity contribution in [3.05, 3.63) is 54.0 Å². The third-order valence-electron chi connectivity index (χ3n) is 7.79. The Morgan fingerprint density at radius 2 is 1.77 bits per heavy atom. The zero-order valence-corrected chi connectivity index (χ0v) is 27.6. The van der Waals surface area contributed by atoms with Crippen molar-refractivity contribution in [1.82, 2.24) is 15.2 Å². The van der Waals surface area contributed by atoms with Crippen molar-refractivity contribution >= 4 is 29.5 Å². The quantitative estimate of drug-likeness (QED) is 0.358. The first-order valence-electron chi connectivity index (χ1n) is 16.2. The number of hydrogen-bond donors (Lipinski definition) is 2. The smallest absolute Gasteiger partial charge is 0.413 e. The fourth-order valence-corrected chi connectivity index (χ4v) is 5.90. The van der Waals surface area contributed by atoms with Crippen molar-refractivity contribution in [3.8, 4) is 0 Å². The van der Waals surface area contributed by atoms with Crippen LogP contribution in [0.25, 0.3) is 0 Å². The number of benzene rings is 1.